The molecule has 0 aromatic heterocycles. The second-order valence-electron chi connectivity index (χ2n) is 0.862. The Labute approximate surface area is 66.2 Å². The number of hydrogen-bond donors (Lipinski definition) is 1. The van der Waals surface area contributed by atoms with E-state index in [2.05, 4.69) is 47.8 Å². The Morgan fingerprint density at radius 2 is 1.57 bits per heavy atom. The SMILES string of the molecule is NC(=O)C(Br)(Br)Br. The molecule has 2 N–H and O–H groups in total. The van der Waals surface area contributed by atoms with E-state index in [1.165, 1.54) is 0 Å². The summed E-state index contributed by atoms with van der Waals surface area (Å²) in [5.41, 5.74) is 4.79. The highest BCUT2D eigenvalue weighted by molar-refractivity contribution is 9.40. The van der Waals surface area contributed by atoms with Gasteiger partial charge in [0.2, 0.25) is 2.14 Å². The largest absolute Gasteiger partial charge is 0.367 e. The minimum Gasteiger partial charge on any atom is -0.367 e. The molecule has 7 heavy (non-hydrogen) atoms. The van der Waals surface area contributed by atoms with E-state index in [1.54, 1.807) is 0 Å². The zero-order chi connectivity index (χ0) is 6.08. The zero-order valence-electron chi connectivity index (χ0n) is 3.12. The lowest BCUT2D eigenvalue weighted by molar-refractivity contribution is -0.116. The highest BCUT2D eigenvalue weighted by atomic mass is 80.0. The molecule has 0 unspecified atom stereocenters. The molecule has 0 radical (unpaired) electrons. The van der Waals surface area contributed by atoms with Gasteiger partial charge in [0.25, 0.3) is 5.91 Å². The number of halogens is 3. The van der Waals surface area contributed by atoms with E-state index < -0.39 is 8.05 Å². The van der Waals surface area contributed by atoms with Crippen LogP contribution >= 0.6 is 47.8 Å². The average Bonchev–Trinajstić information content (AvgIpc) is 1.31. The molecule has 1 amide bonds. The fourth-order valence-electron chi connectivity index (χ4n) is 0. The van der Waals surface area contributed by atoms with Crippen molar-refractivity contribution in [3.05, 3.63) is 0 Å². The predicted octanol–water partition coefficient (Wildman–Crippen LogP) is 1.31. The maximum atomic E-state index is 10.1. The van der Waals surface area contributed by atoms with Crippen LogP contribution in [-0.4, -0.2) is 8.05 Å². The molecule has 0 aromatic rings. The molecule has 0 aliphatic heterocycles. The summed E-state index contributed by atoms with van der Waals surface area (Å²) >= 11 is 8.70. The molecule has 0 spiro atoms. The second kappa shape index (κ2) is 2.46. The molecule has 5 heteroatoms. The summed E-state index contributed by atoms with van der Waals surface area (Å²) in [7, 11) is 0. The van der Waals surface area contributed by atoms with Crippen molar-refractivity contribution in [2.75, 3.05) is 0 Å². The van der Waals surface area contributed by atoms with Crippen LogP contribution in [0.3, 0.4) is 0 Å². The number of hydrogen-bond acceptors (Lipinski definition) is 1. The van der Waals surface area contributed by atoms with Crippen LogP contribution in [0.5, 0.6) is 0 Å². The van der Waals surface area contributed by atoms with Gasteiger partial charge in [-0.1, -0.05) is 0 Å². The fraction of sp³-hybridized carbons (Fsp3) is 0.500. The van der Waals surface area contributed by atoms with E-state index >= 15 is 0 Å². The van der Waals surface area contributed by atoms with Gasteiger partial charge in [-0.3, -0.25) is 4.79 Å². The number of carbonyl (C=O) groups is 1. The van der Waals surface area contributed by atoms with Crippen LogP contribution in [-0.2, 0) is 4.79 Å². The Morgan fingerprint density at radius 1 is 1.43 bits per heavy atom. The lowest BCUT2D eigenvalue weighted by Crippen LogP contribution is -2.25. The van der Waals surface area contributed by atoms with Crippen molar-refractivity contribution in [3.8, 4) is 0 Å². The summed E-state index contributed by atoms with van der Waals surface area (Å²) in [6.07, 6.45) is 0. The normalized spacial score (nSPS) is 11.3. The van der Waals surface area contributed by atoms with E-state index in [1.807, 2.05) is 0 Å². The highest BCUT2D eigenvalue weighted by Crippen LogP contribution is 2.32. The summed E-state index contributed by atoms with van der Waals surface area (Å²) in [4.78, 5) is 10.1. The Morgan fingerprint density at radius 3 is 1.57 bits per heavy atom. The van der Waals surface area contributed by atoms with Gasteiger partial charge in [0.15, 0.2) is 0 Å². The van der Waals surface area contributed by atoms with Crippen molar-refractivity contribution in [1.82, 2.24) is 0 Å². The topological polar surface area (TPSA) is 43.1 Å². The van der Waals surface area contributed by atoms with Gasteiger partial charge in [-0.15, -0.1) is 0 Å². The van der Waals surface area contributed by atoms with Crippen LogP contribution in [0.4, 0.5) is 0 Å². The predicted molar refractivity (Wildman–Crippen MR) is 38.7 cm³/mol. The lowest BCUT2D eigenvalue weighted by atomic mass is 10.8. The van der Waals surface area contributed by atoms with Crippen LogP contribution in [0.15, 0.2) is 0 Å². The number of alkyl halides is 3. The lowest BCUT2D eigenvalue weighted by Gasteiger charge is -2.02. The maximum absolute atomic E-state index is 10.1. The second-order valence-corrected chi connectivity index (χ2v) is 7.62. The van der Waals surface area contributed by atoms with Crippen molar-refractivity contribution in [3.63, 3.8) is 0 Å². The van der Waals surface area contributed by atoms with E-state index in [0.717, 1.165) is 0 Å². The quantitative estimate of drug-likeness (QED) is 0.673. The van der Waals surface area contributed by atoms with Crippen molar-refractivity contribution < 1.29 is 4.79 Å². The van der Waals surface area contributed by atoms with Gasteiger partial charge in [-0.2, -0.15) is 0 Å². The third-order valence-electron chi connectivity index (χ3n) is 0.279. The van der Waals surface area contributed by atoms with Gasteiger partial charge in [0.05, 0.1) is 0 Å². The van der Waals surface area contributed by atoms with Crippen LogP contribution in [0.2, 0.25) is 0 Å². The first kappa shape index (κ1) is 7.91. The third kappa shape index (κ3) is 3.49. The van der Waals surface area contributed by atoms with Gasteiger partial charge in [0.1, 0.15) is 0 Å². The highest BCUT2D eigenvalue weighted by Gasteiger charge is 2.24. The maximum Gasteiger partial charge on any atom is 0.256 e. The van der Waals surface area contributed by atoms with Crippen molar-refractivity contribution >= 4 is 53.7 Å². The van der Waals surface area contributed by atoms with E-state index in [-0.39, 0.29) is 0 Å². The summed E-state index contributed by atoms with van der Waals surface area (Å²) < 4.78 is -0.924. The Kier molecular flexibility index (Phi) is 2.78. The van der Waals surface area contributed by atoms with Crippen molar-refractivity contribution in [2.24, 2.45) is 5.73 Å². The number of amides is 1. The summed E-state index contributed by atoms with van der Waals surface area (Å²) in [5.74, 6) is -0.507. The minimum atomic E-state index is -0.924. The molecular weight excluding hydrogens is 294 g/mol. The first-order valence-corrected chi connectivity index (χ1v) is 3.69. The molecule has 0 aliphatic rings. The third-order valence-corrected chi connectivity index (χ3v) is 1.45. The molecule has 0 aromatic carbocycles. The van der Waals surface area contributed by atoms with E-state index in [9.17, 15) is 4.79 Å². The molecule has 0 saturated carbocycles. The summed E-state index contributed by atoms with van der Waals surface area (Å²) in [6, 6.07) is 0. The van der Waals surface area contributed by atoms with Gasteiger partial charge in [-0.25, -0.2) is 0 Å². The molecule has 0 fully saturated rings. The molecule has 2 nitrogen and oxygen atoms in total. The monoisotopic (exact) mass is 293 g/mol. The van der Waals surface area contributed by atoms with Crippen LogP contribution in [0, 0.1) is 0 Å². The average molecular weight is 296 g/mol. The fourth-order valence-corrected chi connectivity index (χ4v) is 0. The van der Waals surface area contributed by atoms with Crippen molar-refractivity contribution in [2.45, 2.75) is 2.14 Å². The van der Waals surface area contributed by atoms with Crippen LogP contribution in [0.1, 0.15) is 0 Å². The van der Waals surface area contributed by atoms with Crippen LogP contribution < -0.4 is 5.73 Å². The molecule has 42 valence electrons. The zero-order valence-corrected chi connectivity index (χ0v) is 7.88. The van der Waals surface area contributed by atoms with Gasteiger partial charge in [-0.05, 0) is 47.8 Å². The number of primary amides is 1. The van der Waals surface area contributed by atoms with E-state index in [0.29, 0.717) is 0 Å². The summed E-state index contributed by atoms with van der Waals surface area (Å²) in [5, 5.41) is 0. The molecule has 0 heterocycles. The minimum absolute atomic E-state index is 0.507. The Bertz CT molecular complexity index is 85.4. The number of carbonyl (C=O) groups excluding carboxylic acids is 1. The standard InChI is InChI=1S/C2H2Br3NO/c3-2(4,5)1(6)7/h(H2,6,7). The molecule has 0 aliphatic carbocycles. The Balaban J connectivity index is 3.79. The molecule has 0 atom stereocenters. The first-order chi connectivity index (χ1) is 2.94. The molecular formula is C2H2Br3NO. The van der Waals surface area contributed by atoms with Crippen LogP contribution in [0.25, 0.3) is 0 Å². The van der Waals surface area contributed by atoms with Crippen molar-refractivity contribution in [1.29, 1.82) is 0 Å². The van der Waals surface area contributed by atoms with Gasteiger partial charge >= 0.3 is 0 Å². The molecule has 0 rings (SSSR count). The van der Waals surface area contributed by atoms with E-state index in [4.69, 9.17) is 5.73 Å². The molecule has 0 bridgehead atoms. The smallest absolute Gasteiger partial charge is 0.256 e. The first-order valence-electron chi connectivity index (χ1n) is 1.31. The summed E-state index contributed by atoms with van der Waals surface area (Å²) in [6.45, 7) is 0. The van der Waals surface area contributed by atoms with Gasteiger partial charge < -0.3 is 5.73 Å². The Hall–Kier alpha value is 0.910. The number of rotatable bonds is 0. The van der Waals surface area contributed by atoms with Gasteiger partial charge in [0, 0.05) is 0 Å². The molecule has 0 saturated heterocycles. The number of nitrogens with two attached hydrogens (primary N) is 1.